The largest absolute Gasteiger partial charge is 0.325 e. The highest BCUT2D eigenvalue weighted by Gasteiger charge is 2.42. The Labute approximate surface area is 134 Å². The maximum Gasteiger partial charge on any atom is 0.324 e. The summed E-state index contributed by atoms with van der Waals surface area (Å²) in [4.78, 5) is 39.0. The molecular formula is C16H20N4O3. The summed E-state index contributed by atoms with van der Waals surface area (Å²) in [6, 6.07) is 5.09. The number of piperazine rings is 1. The van der Waals surface area contributed by atoms with Gasteiger partial charge in [0.1, 0.15) is 6.04 Å². The van der Waals surface area contributed by atoms with Crippen LogP contribution in [0.3, 0.4) is 0 Å². The van der Waals surface area contributed by atoms with Gasteiger partial charge in [-0.25, -0.2) is 4.79 Å². The molecule has 0 bridgehead atoms. The number of nitrogens with one attached hydrogen (secondary N) is 2. The summed E-state index contributed by atoms with van der Waals surface area (Å²) in [5.41, 5.74) is 2.90. The number of benzene rings is 1. The van der Waals surface area contributed by atoms with E-state index in [1.54, 1.807) is 0 Å². The Kier molecular flexibility index (Phi) is 4.04. The minimum atomic E-state index is -0.482. The summed E-state index contributed by atoms with van der Waals surface area (Å²) in [6.45, 7) is 5.56. The van der Waals surface area contributed by atoms with Gasteiger partial charge in [-0.05, 0) is 31.0 Å². The lowest BCUT2D eigenvalue weighted by Crippen LogP contribution is -2.54. The van der Waals surface area contributed by atoms with Gasteiger partial charge in [0.25, 0.3) is 5.91 Å². The van der Waals surface area contributed by atoms with Crippen LogP contribution in [0.4, 0.5) is 10.5 Å². The standard InChI is InChI=1S/C16H20N4O3/c1-10-3-4-11(2)12(7-10)17-14(21)9-19-5-6-20-13(8-19)15(22)18-16(20)23/h3-4,7,13H,5-6,8-9H2,1-2H3,(H,17,21)(H,18,22,23). The highest BCUT2D eigenvalue weighted by molar-refractivity contribution is 6.04. The molecule has 1 unspecified atom stereocenters. The molecule has 2 aliphatic rings. The van der Waals surface area contributed by atoms with Gasteiger partial charge in [0.15, 0.2) is 0 Å². The quantitative estimate of drug-likeness (QED) is 0.795. The lowest BCUT2D eigenvalue weighted by molar-refractivity contribution is -0.124. The van der Waals surface area contributed by atoms with Crippen molar-refractivity contribution in [1.29, 1.82) is 0 Å². The van der Waals surface area contributed by atoms with Gasteiger partial charge in [-0.2, -0.15) is 0 Å². The molecule has 0 radical (unpaired) electrons. The Bertz CT molecular complexity index is 673. The Hall–Kier alpha value is -2.41. The number of fused-ring (bicyclic) bond motifs is 1. The number of rotatable bonds is 3. The van der Waals surface area contributed by atoms with Crippen molar-refractivity contribution in [1.82, 2.24) is 15.1 Å². The number of carbonyl (C=O) groups is 3. The average Bonchev–Trinajstić information content (AvgIpc) is 2.77. The van der Waals surface area contributed by atoms with Crippen LogP contribution in [-0.4, -0.2) is 59.9 Å². The Morgan fingerprint density at radius 3 is 2.87 bits per heavy atom. The van der Waals surface area contributed by atoms with Crippen molar-refractivity contribution in [3.05, 3.63) is 29.3 Å². The van der Waals surface area contributed by atoms with Crippen molar-refractivity contribution in [3.8, 4) is 0 Å². The second kappa shape index (κ2) is 6.00. The lowest BCUT2D eigenvalue weighted by atomic mass is 10.1. The SMILES string of the molecule is Cc1ccc(C)c(NC(=O)CN2CCN3C(=O)NC(=O)C3C2)c1. The third-order valence-electron chi connectivity index (χ3n) is 4.29. The molecule has 0 aliphatic carbocycles. The number of hydrogen-bond donors (Lipinski definition) is 2. The smallest absolute Gasteiger partial charge is 0.324 e. The van der Waals surface area contributed by atoms with E-state index >= 15 is 0 Å². The van der Waals surface area contributed by atoms with Crippen LogP contribution in [0.5, 0.6) is 0 Å². The van der Waals surface area contributed by atoms with Crippen LogP contribution in [0.15, 0.2) is 18.2 Å². The number of amides is 4. The third kappa shape index (κ3) is 3.19. The van der Waals surface area contributed by atoms with Gasteiger partial charge in [-0.3, -0.25) is 19.8 Å². The molecule has 1 aromatic carbocycles. The molecule has 2 fully saturated rings. The first-order valence-corrected chi connectivity index (χ1v) is 7.65. The molecule has 0 aromatic heterocycles. The molecular weight excluding hydrogens is 296 g/mol. The Morgan fingerprint density at radius 2 is 2.09 bits per heavy atom. The van der Waals surface area contributed by atoms with Crippen molar-refractivity contribution < 1.29 is 14.4 Å². The predicted octanol–water partition coefficient (Wildman–Crippen LogP) is 0.478. The minimum absolute atomic E-state index is 0.114. The molecule has 7 heteroatoms. The third-order valence-corrected chi connectivity index (χ3v) is 4.29. The van der Waals surface area contributed by atoms with Crippen LogP contribution in [0.1, 0.15) is 11.1 Å². The molecule has 3 rings (SSSR count). The fourth-order valence-corrected chi connectivity index (χ4v) is 2.97. The van der Waals surface area contributed by atoms with E-state index in [1.165, 1.54) is 4.90 Å². The van der Waals surface area contributed by atoms with E-state index in [0.29, 0.717) is 19.6 Å². The van der Waals surface area contributed by atoms with Crippen molar-refractivity contribution >= 4 is 23.5 Å². The highest BCUT2D eigenvalue weighted by Crippen LogP contribution is 2.18. The first-order chi connectivity index (χ1) is 10.9. The van der Waals surface area contributed by atoms with Crippen molar-refractivity contribution in [3.63, 3.8) is 0 Å². The zero-order valence-electron chi connectivity index (χ0n) is 13.3. The minimum Gasteiger partial charge on any atom is -0.325 e. The van der Waals surface area contributed by atoms with E-state index in [1.807, 2.05) is 36.9 Å². The normalized spacial score (nSPS) is 21.1. The number of carbonyl (C=O) groups excluding carboxylic acids is 3. The topological polar surface area (TPSA) is 81.8 Å². The van der Waals surface area contributed by atoms with Crippen molar-refractivity contribution in [2.75, 3.05) is 31.5 Å². The van der Waals surface area contributed by atoms with Gasteiger partial charge < -0.3 is 10.2 Å². The molecule has 2 heterocycles. The molecule has 1 aromatic rings. The van der Waals surface area contributed by atoms with Gasteiger partial charge in [-0.1, -0.05) is 12.1 Å². The summed E-state index contributed by atoms with van der Waals surface area (Å²) < 4.78 is 0. The van der Waals surface area contributed by atoms with E-state index < -0.39 is 6.04 Å². The van der Waals surface area contributed by atoms with Crippen LogP contribution in [0.2, 0.25) is 0 Å². The summed E-state index contributed by atoms with van der Waals surface area (Å²) in [5.74, 6) is -0.397. The number of hydrogen-bond acceptors (Lipinski definition) is 4. The van der Waals surface area contributed by atoms with Crippen LogP contribution < -0.4 is 10.6 Å². The molecule has 2 N–H and O–H groups in total. The van der Waals surface area contributed by atoms with Crippen LogP contribution >= 0.6 is 0 Å². The van der Waals surface area contributed by atoms with E-state index in [4.69, 9.17) is 0 Å². The van der Waals surface area contributed by atoms with Gasteiger partial charge in [-0.15, -0.1) is 0 Å². The molecule has 0 spiro atoms. The first-order valence-electron chi connectivity index (χ1n) is 7.65. The van der Waals surface area contributed by atoms with Crippen LogP contribution in [0, 0.1) is 13.8 Å². The first kappa shape index (κ1) is 15.5. The van der Waals surface area contributed by atoms with Crippen molar-refractivity contribution in [2.24, 2.45) is 0 Å². The van der Waals surface area contributed by atoms with Gasteiger partial charge in [0.2, 0.25) is 5.91 Å². The number of aryl methyl sites for hydroxylation is 2. The number of urea groups is 1. The molecule has 0 saturated carbocycles. The summed E-state index contributed by atoms with van der Waals surface area (Å²) in [7, 11) is 0. The number of anilines is 1. The van der Waals surface area contributed by atoms with Crippen LogP contribution in [0.25, 0.3) is 0 Å². The average molecular weight is 316 g/mol. The number of imide groups is 1. The van der Waals surface area contributed by atoms with E-state index in [2.05, 4.69) is 10.6 Å². The Balaban J connectivity index is 1.59. The van der Waals surface area contributed by atoms with Gasteiger partial charge >= 0.3 is 6.03 Å². The monoisotopic (exact) mass is 316 g/mol. The fourth-order valence-electron chi connectivity index (χ4n) is 2.97. The molecule has 4 amide bonds. The van der Waals surface area contributed by atoms with Gasteiger partial charge in [0.05, 0.1) is 6.54 Å². The molecule has 2 saturated heterocycles. The van der Waals surface area contributed by atoms with Gasteiger partial charge in [0, 0.05) is 25.3 Å². The molecule has 122 valence electrons. The maximum absolute atomic E-state index is 12.2. The van der Waals surface area contributed by atoms with Crippen LogP contribution in [-0.2, 0) is 9.59 Å². The molecule has 2 aliphatic heterocycles. The zero-order chi connectivity index (χ0) is 16.6. The second-order valence-electron chi connectivity index (χ2n) is 6.11. The predicted molar refractivity (Wildman–Crippen MR) is 85.0 cm³/mol. The highest BCUT2D eigenvalue weighted by atomic mass is 16.2. The number of nitrogens with zero attached hydrogens (tertiary/aromatic N) is 2. The second-order valence-corrected chi connectivity index (χ2v) is 6.11. The summed E-state index contributed by atoms with van der Waals surface area (Å²) in [5, 5.41) is 5.22. The molecule has 7 nitrogen and oxygen atoms in total. The van der Waals surface area contributed by atoms with E-state index in [0.717, 1.165) is 16.8 Å². The van der Waals surface area contributed by atoms with E-state index in [-0.39, 0.29) is 24.4 Å². The zero-order valence-corrected chi connectivity index (χ0v) is 13.3. The lowest BCUT2D eigenvalue weighted by Gasteiger charge is -2.34. The molecule has 23 heavy (non-hydrogen) atoms. The summed E-state index contributed by atoms with van der Waals surface area (Å²) in [6.07, 6.45) is 0. The Morgan fingerprint density at radius 1 is 1.30 bits per heavy atom. The maximum atomic E-state index is 12.2. The molecule has 1 atom stereocenters. The fraction of sp³-hybridized carbons (Fsp3) is 0.438. The van der Waals surface area contributed by atoms with Crippen molar-refractivity contribution in [2.45, 2.75) is 19.9 Å². The summed E-state index contributed by atoms with van der Waals surface area (Å²) >= 11 is 0. The van der Waals surface area contributed by atoms with E-state index in [9.17, 15) is 14.4 Å².